The lowest BCUT2D eigenvalue weighted by molar-refractivity contribution is 0.390. The molecule has 0 amide bonds. The van der Waals surface area contributed by atoms with Crippen molar-refractivity contribution in [2.45, 2.75) is 25.2 Å². The van der Waals surface area contributed by atoms with Crippen LogP contribution in [0.1, 0.15) is 16.7 Å². The second-order valence-electron chi connectivity index (χ2n) is 6.04. The molecule has 0 saturated carbocycles. The number of rotatable bonds is 8. The molecule has 0 radical (unpaired) electrons. The van der Waals surface area contributed by atoms with Gasteiger partial charge in [-0.15, -0.1) is 12.4 Å². The molecule has 5 nitrogen and oxygen atoms in total. The highest BCUT2D eigenvalue weighted by molar-refractivity contribution is 7.89. The molecule has 0 atom stereocenters. The third kappa shape index (κ3) is 5.20. The molecule has 7 heteroatoms. The number of hydrogen-bond acceptors (Lipinski definition) is 4. The number of benzene rings is 2. The first-order valence-electron chi connectivity index (χ1n) is 8.29. The number of ether oxygens (including phenoxy) is 1. The minimum absolute atomic E-state index is 0. The largest absolute Gasteiger partial charge is 0.495 e. The Morgan fingerprint density at radius 2 is 1.73 bits per heavy atom. The van der Waals surface area contributed by atoms with Gasteiger partial charge < -0.3 is 10.5 Å². The number of methoxy groups -OCH3 is 1. The van der Waals surface area contributed by atoms with Crippen molar-refractivity contribution >= 4 is 22.4 Å². The summed E-state index contributed by atoms with van der Waals surface area (Å²) in [7, 11) is -2.20. The van der Waals surface area contributed by atoms with E-state index in [0.29, 0.717) is 24.3 Å². The molecule has 0 bridgehead atoms. The van der Waals surface area contributed by atoms with E-state index in [1.54, 1.807) is 13.0 Å². The summed E-state index contributed by atoms with van der Waals surface area (Å²) in [4.78, 5) is 0.224. The summed E-state index contributed by atoms with van der Waals surface area (Å²) in [5.74, 6) is 0.374. The number of nitrogens with two attached hydrogens (primary N) is 1. The van der Waals surface area contributed by atoms with Gasteiger partial charge >= 0.3 is 0 Å². The monoisotopic (exact) mass is 398 g/mol. The Kier molecular flexibility index (Phi) is 8.56. The fraction of sp³-hybridized carbons (Fsp3) is 0.368. The second kappa shape index (κ2) is 9.92. The van der Waals surface area contributed by atoms with E-state index in [9.17, 15) is 8.42 Å². The quantitative estimate of drug-likeness (QED) is 0.742. The average Bonchev–Trinajstić information content (AvgIpc) is 2.58. The zero-order valence-corrected chi connectivity index (χ0v) is 17.1. The molecule has 2 aromatic carbocycles. The first-order chi connectivity index (χ1) is 11.9. The third-order valence-corrected chi connectivity index (χ3v) is 6.16. The van der Waals surface area contributed by atoms with Crippen molar-refractivity contribution < 1.29 is 13.2 Å². The number of aryl methyl sites for hydroxylation is 2. The van der Waals surface area contributed by atoms with Crippen LogP contribution in [0.15, 0.2) is 47.4 Å². The zero-order valence-electron chi connectivity index (χ0n) is 15.4. The van der Waals surface area contributed by atoms with Gasteiger partial charge in [-0.05, 0) is 43.0 Å². The van der Waals surface area contributed by atoms with E-state index in [1.165, 1.54) is 11.4 Å². The molecule has 0 saturated heterocycles. The second-order valence-corrected chi connectivity index (χ2v) is 7.92. The van der Waals surface area contributed by atoms with E-state index in [4.69, 9.17) is 10.5 Å². The molecule has 0 unspecified atom stereocenters. The summed E-state index contributed by atoms with van der Waals surface area (Å²) in [5.41, 5.74) is 8.40. The van der Waals surface area contributed by atoms with Crippen LogP contribution in [-0.2, 0) is 16.4 Å². The fourth-order valence-electron chi connectivity index (χ4n) is 2.92. The van der Waals surface area contributed by atoms with Crippen LogP contribution in [0.5, 0.6) is 5.75 Å². The van der Waals surface area contributed by atoms with E-state index in [1.807, 2.05) is 43.3 Å². The van der Waals surface area contributed by atoms with Crippen LogP contribution in [0.25, 0.3) is 0 Å². The Labute approximate surface area is 162 Å². The highest BCUT2D eigenvalue weighted by Crippen LogP contribution is 2.31. The van der Waals surface area contributed by atoms with E-state index < -0.39 is 10.0 Å². The Balaban J connectivity index is 0.00000338. The summed E-state index contributed by atoms with van der Waals surface area (Å²) in [6.45, 7) is 4.62. The van der Waals surface area contributed by atoms with Gasteiger partial charge in [-0.2, -0.15) is 4.31 Å². The van der Waals surface area contributed by atoms with Crippen LogP contribution < -0.4 is 10.5 Å². The molecule has 2 aromatic rings. The first-order valence-corrected chi connectivity index (χ1v) is 9.73. The maximum atomic E-state index is 13.2. The molecule has 0 fully saturated rings. The summed E-state index contributed by atoms with van der Waals surface area (Å²) >= 11 is 0. The third-order valence-electron chi connectivity index (χ3n) is 4.07. The Morgan fingerprint density at radius 1 is 1.08 bits per heavy atom. The standard InChI is InChI=1S/C19H26N2O3S.ClH/c1-15-13-16(2)19(18(14-15)24-3)25(22,23)21(12-10-20)11-9-17-7-5-4-6-8-17;/h4-8,13-14H,9-12,20H2,1-3H3;1H. The van der Waals surface area contributed by atoms with Crippen molar-refractivity contribution in [3.8, 4) is 5.75 Å². The highest BCUT2D eigenvalue weighted by Gasteiger charge is 2.29. The van der Waals surface area contributed by atoms with Gasteiger partial charge in [0, 0.05) is 19.6 Å². The normalized spacial score (nSPS) is 11.3. The first kappa shape index (κ1) is 22.4. The van der Waals surface area contributed by atoms with Crippen molar-refractivity contribution in [1.29, 1.82) is 0 Å². The SMILES string of the molecule is COc1cc(C)cc(C)c1S(=O)(=O)N(CCN)CCc1ccccc1.Cl. The van der Waals surface area contributed by atoms with Crippen LogP contribution in [0.2, 0.25) is 0 Å². The lowest BCUT2D eigenvalue weighted by Crippen LogP contribution is -2.37. The molecule has 26 heavy (non-hydrogen) atoms. The zero-order chi connectivity index (χ0) is 18.4. The van der Waals surface area contributed by atoms with E-state index in [-0.39, 0.29) is 30.4 Å². The van der Waals surface area contributed by atoms with Gasteiger partial charge in [-0.1, -0.05) is 36.4 Å². The van der Waals surface area contributed by atoms with Gasteiger partial charge in [0.2, 0.25) is 10.0 Å². The Bertz CT molecular complexity index is 811. The number of halogens is 1. The van der Waals surface area contributed by atoms with Gasteiger partial charge in [0.15, 0.2) is 0 Å². The molecule has 144 valence electrons. The van der Waals surface area contributed by atoms with Crippen molar-refractivity contribution in [2.24, 2.45) is 5.73 Å². The van der Waals surface area contributed by atoms with Crippen LogP contribution in [0.3, 0.4) is 0 Å². The van der Waals surface area contributed by atoms with Crippen LogP contribution in [-0.4, -0.2) is 39.5 Å². The summed E-state index contributed by atoms with van der Waals surface area (Å²) in [6.07, 6.45) is 0.632. The fourth-order valence-corrected chi connectivity index (χ4v) is 4.72. The van der Waals surface area contributed by atoms with Crippen molar-refractivity contribution in [1.82, 2.24) is 4.31 Å². The van der Waals surface area contributed by atoms with Gasteiger partial charge in [0.1, 0.15) is 10.6 Å². The van der Waals surface area contributed by atoms with Gasteiger partial charge in [0.25, 0.3) is 0 Å². The Morgan fingerprint density at radius 3 is 2.31 bits per heavy atom. The minimum Gasteiger partial charge on any atom is -0.495 e. The molecule has 2 rings (SSSR count). The molecule has 2 N–H and O–H groups in total. The highest BCUT2D eigenvalue weighted by atomic mass is 35.5. The van der Waals surface area contributed by atoms with Crippen molar-refractivity contribution in [2.75, 3.05) is 26.7 Å². The van der Waals surface area contributed by atoms with E-state index in [2.05, 4.69) is 0 Å². The molecule has 0 aliphatic heterocycles. The molecule has 0 aliphatic carbocycles. The van der Waals surface area contributed by atoms with Crippen LogP contribution >= 0.6 is 12.4 Å². The smallest absolute Gasteiger partial charge is 0.247 e. The maximum Gasteiger partial charge on any atom is 0.247 e. The average molecular weight is 399 g/mol. The predicted octanol–water partition coefficient (Wildman–Crippen LogP) is 2.93. The molecule has 0 aromatic heterocycles. The number of hydrogen-bond donors (Lipinski definition) is 1. The summed E-state index contributed by atoms with van der Waals surface area (Å²) < 4.78 is 33.3. The molecule has 0 spiro atoms. The molecule has 0 aliphatic rings. The Hall–Kier alpha value is -1.60. The minimum atomic E-state index is -3.70. The molecular formula is C19H27ClN2O3S. The summed E-state index contributed by atoms with van der Waals surface area (Å²) in [5, 5.41) is 0. The van der Waals surface area contributed by atoms with Gasteiger partial charge in [0.05, 0.1) is 7.11 Å². The lowest BCUT2D eigenvalue weighted by Gasteiger charge is -2.24. The maximum absolute atomic E-state index is 13.2. The topological polar surface area (TPSA) is 72.6 Å². The van der Waals surface area contributed by atoms with Crippen molar-refractivity contribution in [3.05, 3.63) is 59.2 Å². The van der Waals surface area contributed by atoms with E-state index >= 15 is 0 Å². The number of nitrogens with zero attached hydrogens (tertiary/aromatic N) is 1. The van der Waals surface area contributed by atoms with Gasteiger partial charge in [-0.3, -0.25) is 0 Å². The molecular weight excluding hydrogens is 372 g/mol. The summed E-state index contributed by atoms with van der Waals surface area (Å²) in [6, 6.07) is 13.4. The van der Waals surface area contributed by atoms with Gasteiger partial charge in [-0.25, -0.2) is 8.42 Å². The van der Waals surface area contributed by atoms with Crippen LogP contribution in [0.4, 0.5) is 0 Å². The lowest BCUT2D eigenvalue weighted by atomic mass is 10.1. The number of sulfonamides is 1. The van der Waals surface area contributed by atoms with Crippen LogP contribution in [0, 0.1) is 13.8 Å². The predicted molar refractivity (Wildman–Crippen MR) is 108 cm³/mol. The molecule has 0 heterocycles. The van der Waals surface area contributed by atoms with Crippen molar-refractivity contribution in [3.63, 3.8) is 0 Å². The van der Waals surface area contributed by atoms with E-state index in [0.717, 1.165) is 11.1 Å².